The molecule has 5 aromatic carbocycles. The Morgan fingerprint density at radius 2 is 1.31 bits per heavy atom. The van der Waals surface area contributed by atoms with Gasteiger partial charge in [-0.1, -0.05) is 35.5 Å². The first kappa shape index (κ1) is 39.7. The number of carbonyl (C=O) groups is 1. The Balaban J connectivity index is 0.00000312. The smallest absolute Gasteiger partial charge is 0.870 e. The van der Waals surface area contributed by atoms with E-state index in [4.69, 9.17) is 11.6 Å². The maximum Gasteiger partial charge on any atom is 1.00 e. The summed E-state index contributed by atoms with van der Waals surface area (Å²) in [5, 5.41) is 20.6. The Morgan fingerprint density at radius 1 is 0.750 bits per heavy atom. The van der Waals surface area contributed by atoms with Crippen LogP contribution in [0.4, 0.5) is 17.1 Å². The van der Waals surface area contributed by atoms with Crippen molar-refractivity contribution in [3.8, 4) is 5.75 Å². The molecule has 48 heavy (non-hydrogen) atoms. The predicted octanol–water partition coefficient (Wildman–Crippen LogP) is -0.827. The van der Waals surface area contributed by atoms with Crippen LogP contribution in [0.5, 0.6) is 5.75 Å². The molecule has 0 spiro atoms. The summed E-state index contributed by atoms with van der Waals surface area (Å²) in [7, 11) is -14.9. The SMILES string of the molecule is O=C(c1ccc(Cl)cc1)c1ccc(N=Nc2c(S(=O)(=O)O)cc3cc(S(=O)(=O)[O-])cc(NS(=O)(=O)c4ccccc4)c3c2[O-])cc1.[Na+].[Na+]. The molecule has 0 saturated carbocycles. The van der Waals surface area contributed by atoms with Crippen molar-refractivity contribution in [1.29, 1.82) is 0 Å². The van der Waals surface area contributed by atoms with Gasteiger partial charge in [-0.3, -0.25) is 14.1 Å². The zero-order chi connectivity index (χ0) is 33.4. The van der Waals surface area contributed by atoms with Crippen molar-refractivity contribution in [2.24, 2.45) is 10.2 Å². The quantitative estimate of drug-likeness (QED) is 0.0825. The summed E-state index contributed by atoms with van der Waals surface area (Å²) in [4.78, 5) is 10.4. The van der Waals surface area contributed by atoms with Crippen molar-refractivity contribution >= 4 is 75.5 Å². The molecule has 0 fully saturated rings. The monoisotopic (exact) mass is 745 g/mol. The first-order chi connectivity index (χ1) is 21.5. The molecule has 0 amide bonds. The van der Waals surface area contributed by atoms with Crippen molar-refractivity contribution < 1.29 is 103 Å². The van der Waals surface area contributed by atoms with E-state index in [0.29, 0.717) is 28.8 Å². The van der Waals surface area contributed by atoms with Crippen LogP contribution in [0.2, 0.25) is 5.02 Å². The maximum atomic E-state index is 13.7. The molecule has 0 aromatic heterocycles. The summed E-state index contributed by atoms with van der Waals surface area (Å²) in [5.41, 5.74) is -0.963. The summed E-state index contributed by atoms with van der Waals surface area (Å²) in [6, 6.07) is 20.3. The number of ketones is 1. The number of fused-ring (bicyclic) bond motifs is 1. The second kappa shape index (κ2) is 15.5. The van der Waals surface area contributed by atoms with Crippen molar-refractivity contribution in [2.75, 3.05) is 4.72 Å². The van der Waals surface area contributed by atoms with Gasteiger partial charge in [0.15, 0.2) is 5.78 Å². The Kier molecular flexibility index (Phi) is 12.8. The van der Waals surface area contributed by atoms with E-state index in [2.05, 4.69) is 15.0 Å². The molecule has 2 N–H and O–H groups in total. The van der Waals surface area contributed by atoms with E-state index in [-0.39, 0.29) is 81.0 Å². The van der Waals surface area contributed by atoms with Gasteiger partial charge in [0.25, 0.3) is 20.1 Å². The van der Waals surface area contributed by atoms with Crippen molar-refractivity contribution in [3.05, 3.63) is 113 Å². The summed E-state index contributed by atoms with van der Waals surface area (Å²) >= 11 is 5.86. The van der Waals surface area contributed by atoms with Crippen LogP contribution in [0.25, 0.3) is 10.8 Å². The number of anilines is 1. The van der Waals surface area contributed by atoms with Crippen molar-refractivity contribution in [2.45, 2.75) is 14.7 Å². The molecule has 0 atom stereocenters. The third-order valence-corrected chi connectivity index (χ3v) is 9.78. The van der Waals surface area contributed by atoms with E-state index >= 15 is 0 Å². The van der Waals surface area contributed by atoms with Gasteiger partial charge in [0.2, 0.25) is 0 Å². The van der Waals surface area contributed by atoms with Gasteiger partial charge in [-0.25, -0.2) is 16.8 Å². The number of nitrogens with zero attached hydrogens (tertiary/aromatic N) is 2. The van der Waals surface area contributed by atoms with E-state index in [0.717, 1.165) is 0 Å². The third kappa shape index (κ3) is 8.90. The van der Waals surface area contributed by atoms with Crippen LogP contribution >= 0.6 is 11.6 Å². The van der Waals surface area contributed by atoms with Gasteiger partial charge in [0, 0.05) is 21.5 Å². The fraction of sp³-hybridized carbons (Fsp3) is 0. The fourth-order valence-corrected chi connectivity index (χ4v) is 6.72. The molecule has 0 bridgehead atoms. The van der Waals surface area contributed by atoms with Crippen LogP contribution in [0, 0.1) is 0 Å². The maximum absolute atomic E-state index is 13.7. The number of sulfonamides is 1. The Bertz CT molecular complexity index is 2380. The van der Waals surface area contributed by atoms with Gasteiger partial charge in [0.1, 0.15) is 15.0 Å². The van der Waals surface area contributed by atoms with Crippen LogP contribution in [-0.4, -0.2) is 40.1 Å². The normalized spacial score (nSPS) is 11.9. The topological polar surface area (TPSA) is 223 Å². The molecule has 0 aliphatic carbocycles. The molecule has 5 aromatic rings. The van der Waals surface area contributed by atoms with E-state index < -0.39 is 67.9 Å². The number of benzene rings is 5. The largest absolute Gasteiger partial charge is 1.00 e. The summed E-state index contributed by atoms with van der Waals surface area (Å²) in [6.45, 7) is 0. The summed E-state index contributed by atoms with van der Waals surface area (Å²) in [6.07, 6.45) is 0. The zero-order valence-corrected chi connectivity index (χ0v) is 32.1. The molecule has 5 rings (SSSR count). The number of carbonyl (C=O) groups excluding carboxylic acids is 1. The van der Waals surface area contributed by atoms with Gasteiger partial charge in [-0.05, 0) is 84.2 Å². The standard InChI is InChI=1S/C29H20ClN3O10S3.2Na/c30-20-10-6-17(7-11-20)28(34)18-8-12-21(13-9-18)31-32-27-25(46(41,42)43)15-19-14-23(45(38,39)40)16-24(26(19)29(27)35)33-44(36,37)22-4-2-1-3-5-22;;/h1-16,33,35H,(H,38,39,40)(H,41,42,43);;/q;2*+1/p-2. The summed E-state index contributed by atoms with van der Waals surface area (Å²) in [5.74, 6) is -1.61. The first-order valence-corrected chi connectivity index (χ1v) is 17.4. The van der Waals surface area contributed by atoms with E-state index in [1.807, 2.05) is 0 Å². The minimum absolute atomic E-state index is 0. The average Bonchev–Trinajstić information content (AvgIpc) is 3.00. The number of hydrogen-bond donors (Lipinski definition) is 2. The molecule has 0 unspecified atom stereocenters. The van der Waals surface area contributed by atoms with Gasteiger partial charge in [-0.15, -0.1) is 5.11 Å². The molecule has 0 saturated heterocycles. The Labute approximate surface area is 324 Å². The van der Waals surface area contributed by atoms with Crippen molar-refractivity contribution in [1.82, 2.24) is 0 Å². The molecular formula is C29H18ClN3Na2O10S3. The number of nitrogens with one attached hydrogen (secondary N) is 1. The van der Waals surface area contributed by atoms with Gasteiger partial charge in [-0.2, -0.15) is 13.5 Å². The zero-order valence-electron chi connectivity index (χ0n) is 24.9. The molecule has 0 aliphatic rings. The minimum atomic E-state index is -5.25. The molecule has 0 aliphatic heterocycles. The van der Waals surface area contributed by atoms with Gasteiger partial charge < -0.3 is 9.66 Å². The van der Waals surface area contributed by atoms with Crippen LogP contribution in [-0.2, 0) is 30.3 Å². The molecule has 0 heterocycles. The predicted molar refractivity (Wildman–Crippen MR) is 164 cm³/mol. The molecule has 19 heteroatoms. The van der Waals surface area contributed by atoms with Crippen LogP contribution < -0.4 is 68.9 Å². The van der Waals surface area contributed by atoms with Gasteiger partial charge in [0.05, 0.1) is 26.9 Å². The fourth-order valence-electron chi connectivity index (χ4n) is 4.32. The second-order valence-corrected chi connectivity index (χ2v) is 14.4. The first-order valence-electron chi connectivity index (χ1n) is 12.7. The Morgan fingerprint density at radius 3 is 1.85 bits per heavy atom. The van der Waals surface area contributed by atoms with Crippen LogP contribution in [0.3, 0.4) is 0 Å². The third-order valence-electron chi connectivity index (χ3n) is 6.47. The summed E-state index contributed by atoms with van der Waals surface area (Å²) < 4.78 is 98.3. The minimum Gasteiger partial charge on any atom is -0.870 e. The van der Waals surface area contributed by atoms with E-state index in [1.165, 1.54) is 66.7 Å². The van der Waals surface area contributed by atoms with E-state index in [9.17, 15) is 44.3 Å². The average molecular weight is 746 g/mol. The second-order valence-electron chi connectivity index (χ2n) is 9.55. The number of rotatable bonds is 9. The van der Waals surface area contributed by atoms with Crippen molar-refractivity contribution in [3.63, 3.8) is 0 Å². The molecule has 236 valence electrons. The van der Waals surface area contributed by atoms with Crippen LogP contribution in [0.15, 0.2) is 122 Å². The number of halogens is 1. The van der Waals surface area contributed by atoms with E-state index in [1.54, 1.807) is 12.1 Å². The molecule has 13 nitrogen and oxygen atoms in total. The molecular weight excluding hydrogens is 728 g/mol. The number of hydrogen-bond acceptors (Lipinski definition) is 11. The van der Waals surface area contributed by atoms with Gasteiger partial charge >= 0.3 is 59.1 Å². The van der Waals surface area contributed by atoms with Crippen LogP contribution in [0.1, 0.15) is 15.9 Å². The Hall–Kier alpha value is -2.71. The number of azo groups is 1. The molecule has 0 radical (unpaired) electrons.